The van der Waals surface area contributed by atoms with E-state index in [1.807, 2.05) is 19.1 Å². The van der Waals surface area contributed by atoms with Crippen molar-refractivity contribution in [2.24, 2.45) is 0 Å². The zero-order valence-corrected chi connectivity index (χ0v) is 16.1. The van der Waals surface area contributed by atoms with Gasteiger partial charge in [0.15, 0.2) is 5.56 Å². The number of pyridine rings is 1. The third-order valence-corrected chi connectivity index (χ3v) is 3.29. The molecule has 2 rings (SSSR count). The number of rotatable bonds is 4. The van der Waals surface area contributed by atoms with Crippen molar-refractivity contribution in [2.75, 3.05) is 6.61 Å². The van der Waals surface area contributed by atoms with Crippen LogP contribution < -0.4 is 10.3 Å². The Kier molecular flexibility index (Phi) is 7.89. The first kappa shape index (κ1) is 19.0. The van der Waals surface area contributed by atoms with Crippen molar-refractivity contribution in [3.8, 4) is 28.8 Å². The Hall–Kier alpha value is -1.08. The number of nitrogens with zero attached hydrogens (tertiary/aromatic N) is 1. The van der Waals surface area contributed by atoms with Gasteiger partial charge in [-0.15, -0.1) is 12.0 Å². The molecule has 0 N–H and O–H groups in total. The molecule has 0 spiro atoms. The molecule has 1 radical (unpaired) electrons. The quantitative estimate of drug-likeness (QED) is 0.593. The van der Waals surface area contributed by atoms with Crippen molar-refractivity contribution in [3.05, 3.63) is 51.8 Å². The minimum Gasteiger partial charge on any atom is -0.481 e. The summed E-state index contributed by atoms with van der Waals surface area (Å²) in [5.41, 5.74) is 1.36. The monoisotopic (exact) mass is 389 g/mol. The molecule has 0 amide bonds. The third-order valence-electron chi connectivity index (χ3n) is 2.98. The van der Waals surface area contributed by atoms with Gasteiger partial charge >= 0.3 is 0 Å². The SMILES string of the molecule is CC#CCOc1ccc(-c2[c-]ccc(=O)n2CC)c(Cl)c1.[Y]. The summed E-state index contributed by atoms with van der Waals surface area (Å²) in [6.07, 6.45) is 0. The first-order chi connectivity index (χ1) is 10.2. The topological polar surface area (TPSA) is 31.2 Å². The van der Waals surface area contributed by atoms with Gasteiger partial charge in [0, 0.05) is 39.3 Å². The molecule has 0 atom stereocenters. The number of hydrogen-bond donors (Lipinski definition) is 0. The maximum Gasteiger partial charge on any atom is 0.194 e. The van der Waals surface area contributed by atoms with Gasteiger partial charge in [-0.1, -0.05) is 34.8 Å². The Morgan fingerprint density at radius 1 is 1.36 bits per heavy atom. The van der Waals surface area contributed by atoms with E-state index in [1.165, 1.54) is 6.07 Å². The van der Waals surface area contributed by atoms with Gasteiger partial charge in [-0.2, -0.15) is 12.1 Å². The average Bonchev–Trinajstić information content (AvgIpc) is 2.47. The first-order valence-electron chi connectivity index (χ1n) is 6.61. The molecule has 0 aliphatic rings. The van der Waals surface area contributed by atoms with Gasteiger partial charge in [-0.3, -0.25) is 4.79 Å². The van der Waals surface area contributed by atoms with Crippen LogP contribution in [0.2, 0.25) is 5.02 Å². The normalized spacial score (nSPS) is 9.41. The summed E-state index contributed by atoms with van der Waals surface area (Å²) >= 11 is 6.31. The maximum absolute atomic E-state index is 11.9. The van der Waals surface area contributed by atoms with E-state index in [-0.39, 0.29) is 38.3 Å². The molecule has 0 unspecified atom stereocenters. The van der Waals surface area contributed by atoms with Crippen LogP contribution in [0.4, 0.5) is 0 Å². The van der Waals surface area contributed by atoms with Gasteiger partial charge < -0.3 is 9.30 Å². The van der Waals surface area contributed by atoms with Crippen LogP contribution in [0.3, 0.4) is 0 Å². The summed E-state index contributed by atoms with van der Waals surface area (Å²) in [7, 11) is 0. The van der Waals surface area contributed by atoms with Crippen LogP contribution in [0.15, 0.2) is 35.1 Å². The molecule has 111 valence electrons. The van der Waals surface area contributed by atoms with E-state index in [0.717, 1.165) is 5.56 Å². The van der Waals surface area contributed by atoms with E-state index in [2.05, 4.69) is 17.9 Å². The van der Waals surface area contributed by atoms with E-state index in [9.17, 15) is 4.79 Å². The summed E-state index contributed by atoms with van der Waals surface area (Å²) in [5.74, 6) is 6.23. The standard InChI is InChI=1S/C17H15ClNO2.Y/c1-3-5-11-21-13-9-10-14(15(18)12-13)16-7-6-8-17(20)19(16)4-2;/h6,8-10,12H,4,11H2,1-2H3;/q-1;. The predicted octanol–water partition coefficient (Wildman–Crippen LogP) is 3.39. The number of aromatic nitrogens is 1. The zero-order chi connectivity index (χ0) is 15.2. The second-order valence-corrected chi connectivity index (χ2v) is 4.67. The van der Waals surface area contributed by atoms with Crippen molar-refractivity contribution in [1.82, 2.24) is 4.57 Å². The van der Waals surface area contributed by atoms with Crippen LogP contribution in [-0.2, 0) is 39.3 Å². The molecule has 1 heterocycles. The summed E-state index contributed by atoms with van der Waals surface area (Å²) in [6, 6.07) is 11.5. The Morgan fingerprint density at radius 2 is 2.14 bits per heavy atom. The van der Waals surface area contributed by atoms with Crippen LogP contribution in [0.5, 0.6) is 5.75 Å². The summed E-state index contributed by atoms with van der Waals surface area (Å²) < 4.78 is 7.09. The molecule has 5 heteroatoms. The number of ether oxygens (including phenoxy) is 1. The molecule has 2 aromatic rings. The fourth-order valence-corrected chi connectivity index (χ4v) is 2.24. The van der Waals surface area contributed by atoms with Crippen LogP contribution in [-0.4, -0.2) is 11.2 Å². The van der Waals surface area contributed by atoms with Crippen molar-refractivity contribution >= 4 is 11.6 Å². The summed E-state index contributed by atoms with van der Waals surface area (Å²) in [4.78, 5) is 11.9. The van der Waals surface area contributed by atoms with Crippen molar-refractivity contribution in [2.45, 2.75) is 20.4 Å². The molecule has 1 aromatic carbocycles. The third kappa shape index (κ3) is 4.46. The smallest absolute Gasteiger partial charge is 0.194 e. The molecule has 3 nitrogen and oxygen atoms in total. The Morgan fingerprint density at radius 3 is 2.77 bits per heavy atom. The van der Waals surface area contributed by atoms with Crippen LogP contribution >= 0.6 is 11.6 Å². The van der Waals surface area contributed by atoms with Gasteiger partial charge in [0.1, 0.15) is 12.4 Å². The molecular formula is C17H15ClNO2Y-. The van der Waals surface area contributed by atoms with Gasteiger partial charge in [0.25, 0.3) is 0 Å². The maximum atomic E-state index is 11.9. The van der Waals surface area contributed by atoms with Crippen LogP contribution in [0.25, 0.3) is 11.3 Å². The summed E-state index contributed by atoms with van der Waals surface area (Å²) in [5, 5.41) is 0.515. The fraction of sp³-hybridized carbons (Fsp3) is 0.235. The van der Waals surface area contributed by atoms with Gasteiger partial charge in [0.2, 0.25) is 0 Å². The molecular weight excluding hydrogens is 375 g/mol. The molecule has 0 aliphatic heterocycles. The second-order valence-electron chi connectivity index (χ2n) is 4.27. The van der Waals surface area contributed by atoms with E-state index >= 15 is 0 Å². The minimum absolute atomic E-state index is 0. The van der Waals surface area contributed by atoms with E-state index in [4.69, 9.17) is 16.3 Å². The van der Waals surface area contributed by atoms with E-state index < -0.39 is 0 Å². The van der Waals surface area contributed by atoms with Crippen molar-refractivity contribution in [1.29, 1.82) is 0 Å². The zero-order valence-electron chi connectivity index (χ0n) is 12.5. The average molecular weight is 390 g/mol. The molecule has 0 bridgehead atoms. The summed E-state index contributed by atoms with van der Waals surface area (Å²) in [6.45, 7) is 4.55. The van der Waals surface area contributed by atoms with Crippen molar-refractivity contribution < 1.29 is 37.4 Å². The Labute approximate surface area is 160 Å². The van der Waals surface area contributed by atoms with Gasteiger partial charge in [0.05, 0.1) is 0 Å². The molecule has 0 saturated carbocycles. The van der Waals surface area contributed by atoms with Gasteiger partial charge in [-0.25, -0.2) is 0 Å². The Balaban J connectivity index is 0.00000242. The number of hydrogen-bond acceptors (Lipinski definition) is 2. The minimum atomic E-state index is -0.0686. The molecule has 1 aromatic heterocycles. The Bertz CT molecular complexity index is 759. The number of benzene rings is 1. The predicted molar refractivity (Wildman–Crippen MR) is 84.6 cm³/mol. The molecule has 0 fully saturated rings. The first-order valence-corrected chi connectivity index (χ1v) is 6.99. The molecule has 22 heavy (non-hydrogen) atoms. The van der Waals surface area contributed by atoms with Crippen LogP contribution in [0.1, 0.15) is 13.8 Å². The number of halogens is 1. The fourth-order valence-electron chi connectivity index (χ4n) is 1.98. The second kappa shape index (κ2) is 9.15. The van der Waals surface area contributed by atoms with Crippen molar-refractivity contribution in [3.63, 3.8) is 0 Å². The molecule has 0 saturated heterocycles. The molecule has 0 aliphatic carbocycles. The van der Waals surface area contributed by atoms with Gasteiger partial charge in [-0.05, 0) is 31.0 Å². The van der Waals surface area contributed by atoms with E-state index in [0.29, 0.717) is 29.6 Å². The largest absolute Gasteiger partial charge is 0.481 e. The van der Waals surface area contributed by atoms with E-state index in [1.54, 1.807) is 23.6 Å². The van der Waals surface area contributed by atoms with Crippen LogP contribution in [0, 0.1) is 17.9 Å².